The van der Waals surface area contributed by atoms with Crippen LogP contribution in [0.4, 0.5) is 0 Å². The summed E-state index contributed by atoms with van der Waals surface area (Å²) < 4.78 is 4.79. The molecule has 0 bridgehead atoms. The van der Waals surface area contributed by atoms with Crippen LogP contribution in [0.25, 0.3) is 10.9 Å². The average molecular weight is 300 g/mol. The van der Waals surface area contributed by atoms with E-state index in [1.54, 1.807) is 0 Å². The highest BCUT2D eigenvalue weighted by molar-refractivity contribution is 6.00. The van der Waals surface area contributed by atoms with Crippen LogP contribution in [0.5, 0.6) is 0 Å². The molecular weight excluding hydrogens is 280 g/mol. The van der Waals surface area contributed by atoms with Gasteiger partial charge < -0.3 is 15.0 Å². The number of methoxy groups -OCH3 is 1. The minimum atomic E-state index is -0.572. The lowest BCUT2D eigenvalue weighted by Gasteiger charge is -2.15. The summed E-state index contributed by atoms with van der Waals surface area (Å²) in [5, 5.41) is 3.78. The van der Waals surface area contributed by atoms with Gasteiger partial charge in [0, 0.05) is 10.9 Å². The number of aromatic nitrogens is 1. The second-order valence-corrected chi connectivity index (χ2v) is 5.95. The maximum atomic E-state index is 12.4. The van der Waals surface area contributed by atoms with Crippen molar-refractivity contribution in [1.29, 1.82) is 0 Å². The SMILES string of the molecule is COC(=O)C(CC1CC1)NC(=O)c1cc2cccc(C)c2[nH]1. The van der Waals surface area contributed by atoms with Gasteiger partial charge in [0.1, 0.15) is 11.7 Å². The van der Waals surface area contributed by atoms with Gasteiger partial charge in [-0.15, -0.1) is 0 Å². The number of benzene rings is 1. The first-order valence-electron chi connectivity index (χ1n) is 7.55. The van der Waals surface area contributed by atoms with E-state index in [4.69, 9.17) is 4.74 Å². The van der Waals surface area contributed by atoms with Gasteiger partial charge in [-0.3, -0.25) is 4.79 Å². The third kappa shape index (κ3) is 2.98. The van der Waals surface area contributed by atoms with Crippen LogP contribution in [0.15, 0.2) is 24.3 Å². The van der Waals surface area contributed by atoms with Gasteiger partial charge >= 0.3 is 5.97 Å². The number of carbonyl (C=O) groups is 2. The molecule has 0 spiro atoms. The van der Waals surface area contributed by atoms with Gasteiger partial charge in [0.2, 0.25) is 0 Å². The van der Waals surface area contributed by atoms with Gasteiger partial charge in [-0.2, -0.15) is 0 Å². The molecule has 1 atom stereocenters. The van der Waals surface area contributed by atoms with Crippen molar-refractivity contribution in [2.75, 3.05) is 7.11 Å². The Morgan fingerprint density at radius 1 is 1.41 bits per heavy atom. The fraction of sp³-hybridized carbons (Fsp3) is 0.412. The van der Waals surface area contributed by atoms with E-state index in [0.29, 0.717) is 18.0 Å². The lowest BCUT2D eigenvalue weighted by atomic mass is 10.1. The van der Waals surface area contributed by atoms with Gasteiger partial charge in [0.15, 0.2) is 0 Å². The van der Waals surface area contributed by atoms with Crippen LogP contribution in [-0.2, 0) is 9.53 Å². The van der Waals surface area contributed by atoms with E-state index in [-0.39, 0.29) is 11.9 Å². The quantitative estimate of drug-likeness (QED) is 0.834. The molecule has 1 aromatic heterocycles. The second kappa shape index (κ2) is 5.83. The molecule has 0 aliphatic heterocycles. The number of ether oxygens (including phenoxy) is 1. The van der Waals surface area contributed by atoms with Crippen LogP contribution in [0.2, 0.25) is 0 Å². The van der Waals surface area contributed by atoms with Gasteiger partial charge in [-0.05, 0) is 30.9 Å². The fourth-order valence-electron chi connectivity index (χ4n) is 2.71. The van der Waals surface area contributed by atoms with E-state index in [2.05, 4.69) is 10.3 Å². The van der Waals surface area contributed by atoms with Gasteiger partial charge in [0.25, 0.3) is 5.91 Å². The summed E-state index contributed by atoms with van der Waals surface area (Å²) in [7, 11) is 1.35. The molecule has 1 fully saturated rings. The number of para-hydroxylation sites is 1. The average Bonchev–Trinajstić information content (AvgIpc) is 3.21. The second-order valence-electron chi connectivity index (χ2n) is 5.95. The van der Waals surface area contributed by atoms with Crippen molar-refractivity contribution in [2.45, 2.75) is 32.2 Å². The molecule has 0 saturated heterocycles. The Kier molecular flexibility index (Phi) is 3.88. The van der Waals surface area contributed by atoms with Gasteiger partial charge in [-0.25, -0.2) is 4.79 Å². The zero-order chi connectivity index (χ0) is 15.7. The lowest BCUT2D eigenvalue weighted by molar-refractivity contribution is -0.143. The Balaban J connectivity index is 1.78. The van der Waals surface area contributed by atoms with Crippen LogP contribution in [0.1, 0.15) is 35.3 Å². The number of hydrogen-bond donors (Lipinski definition) is 2. The van der Waals surface area contributed by atoms with Crippen LogP contribution < -0.4 is 5.32 Å². The highest BCUT2D eigenvalue weighted by Gasteiger charge is 2.31. The van der Waals surface area contributed by atoms with E-state index >= 15 is 0 Å². The molecule has 1 amide bonds. The van der Waals surface area contributed by atoms with E-state index in [9.17, 15) is 9.59 Å². The highest BCUT2D eigenvalue weighted by Crippen LogP contribution is 2.33. The van der Waals surface area contributed by atoms with E-state index < -0.39 is 6.04 Å². The topological polar surface area (TPSA) is 71.2 Å². The standard InChI is InChI=1S/C17H20N2O3/c1-10-4-3-5-12-9-13(18-15(10)12)16(20)19-14(17(21)22-2)8-11-6-7-11/h3-5,9,11,14,18H,6-8H2,1-2H3,(H,19,20). The van der Waals surface area contributed by atoms with E-state index in [1.165, 1.54) is 7.11 Å². The predicted molar refractivity (Wildman–Crippen MR) is 83.6 cm³/mol. The predicted octanol–water partition coefficient (Wildman–Crippen LogP) is 2.55. The molecule has 0 radical (unpaired) electrons. The molecule has 2 N–H and O–H groups in total. The van der Waals surface area contributed by atoms with Crippen LogP contribution in [0, 0.1) is 12.8 Å². The Bertz CT molecular complexity index is 716. The minimum absolute atomic E-state index is 0.272. The van der Waals surface area contributed by atoms with E-state index in [1.807, 2.05) is 31.2 Å². The van der Waals surface area contributed by atoms with Crippen molar-refractivity contribution < 1.29 is 14.3 Å². The van der Waals surface area contributed by atoms with E-state index in [0.717, 1.165) is 29.3 Å². The minimum Gasteiger partial charge on any atom is -0.467 e. The summed E-state index contributed by atoms with van der Waals surface area (Å²) >= 11 is 0. The zero-order valence-electron chi connectivity index (χ0n) is 12.8. The number of nitrogens with one attached hydrogen (secondary N) is 2. The number of aromatic amines is 1. The Hall–Kier alpha value is -2.30. The van der Waals surface area contributed by atoms with Crippen molar-refractivity contribution >= 4 is 22.8 Å². The molecule has 5 heteroatoms. The first-order chi connectivity index (χ1) is 10.6. The number of esters is 1. The zero-order valence-corrected chi connectivity index (χ0v) is 12.8. The first kappa shape index (κ1) is 14.6. The lowest BCUT2D eigenvalue weighted by Crippen LogP contribution is -2.42. The third-order valence-electron chi connectivity index (χ3n) is 4.17. The number of carbonyl (C=O) groups excluding carboxylic acids is 2. The summed E-state index contributed by atoms with van der Waals surface area (Å²) in [5.41, 5.74) is 2.50. The molecule has 5 nitrogen and oxygen atoms in total. The summed E-state index contributed by atoms with van der Waals surface area (Å²) in [4.78, 5) is 27.4. The van der Waals surface area contributed by atoms with Crippen LogP contribution >= 0.6 is 0 Å². The molecule has 1 heterocycles. The van der Waals surface area contributed by atoms with Crippen molar-refractivity contribution in [1.82, 2.24) is 10.3 Å². The van der Waals surface area contributed by atoms with Crippen LogP contribution in [0.3, 0.4) is 0 Å². The smallest absolute Gasteiger partial charge is 0.328 e. The summed E-state index contributed by atoms with van der Waals surface area (Å²) in [5.74, 6) is -0.131. The molecule has 2 aromatic rings. The molecule has 1 unspecified atom stereocenters. The Morgan fingerprint density at radius 2 is 2.18 bits per heavy atom. The third-order valence-corrected chi connectivity index (χ3v) is 4.17. The number of hydrogen-bond acceptors (Lipinski definition) is 3. The fourth-order valence-corrected chi connectivity index (χ4v) is 2.71. The highest BCUT2D eigenvalue weighted by atomic mass is 16.5. The molecule has 1 aromatic carbocycles. The van der Waals surface area contributed by atoms with Crippen molar-refractivity contribution in [3.63, 3.8) is 0 Å². The molecule has 1 saturated carbocycles. The maximum Gasteiger partial charge on any atom is 0.328 e. The Morgan fingerprint density at radius 3 is 2.82 bits per heavy atom. The maximum absolute atomic E-state index is 12.4. The summed E-state index contributed by atoms with van der Waals surface area (Å²) in [6.45, 7) is 1.99. The van der Waals surface area contributed by atoms with Gasteiger partial charge in [-0.1, -0.05) is 31.0 Å². The molecule has 116 valence electrons. The molecule has 3 rings (SSSR count). The Labute approximate surface area is 129 Å². The largest absolute Gasteiger partial charge is 0.467 e. The number of rotatable bonds is 5. The molecule has 1 aliphatic rings. The number of fused-ring (bicyclic) bond motifs is 1. The molecular formula is C17H20N2O3. The summed E-state index contributed by atoms with van der Waals surface area (Å²) in [6, 6.07) is 7.14. The van der Waals surface area contributed by atoms with Crippen molar-refractivity contribution in [3.05, 3.63) is 35.5 Å². The summed E-state index contributed by atoms with van der Waals surface area (Å²) in [6.07, 6.45) is 2.89. The molecule has 1 aliphatic carbocycles. The van der Waals surface area contributed by atoms with Crippen LogP contribution in [-0.4, -0.2) is 30.0 Å². The van der Waals surface area contributed by atoms with Crippen molar-refractivity contribution in [3.8, 4) is 0 Å². The number of amides is 1. The number of H-pyrrole nitrogens is 1. The van der Waals surface area contributed by atoms with Crippen molar-refractivity contribution in [2.24, 2.45) is 5.92 Å². The first-order valence-corrected chi connectivity index (χ1v) is 7.55. The number of aryl methyl sites for hydroxylation is 1. The molecule has 22 heavy (non-hydrogen) atoms. The van der Waals surface area contributed by atoms with Gasteiger partial charge in [0.05, 0.1) is 7.11 Å². The monoisotopic (exact) mass is 300 g/mol. The normalized spacial score (nSPS) is 15.5.